The summed E-state index contributed by atoms with van der Waals surface area (Å²) < 4.78 is 0. The van der Waals surface area contributed by atoms with Crippen LogP contribution in [-0.2, 0) is 43.4 Å². The predicted molar refractivity (Wildman–Crippen MR) is 271 cm³/mol. The first-order chi connectivity index (χ1) is 32.6. The average Bonchev–Trinajstić information content (AvgIpc) is 4.00. The van der Waals surface area contributed by atoms with E-state index in [1.54, 1.807) is 0 Å². The van der Waals surface area contributed by atoms with Crippen molar-refractivity contribution in [2.24, 2.45) is 0 Å². The molecule has 0 saturated carbocycles. The summed E-state index contributed by atoms with van der Waals surface area (Å²) in [6, 6.07) is 64.6. The van der Waals surface area contributed by atoms with E-state index in [2.05, 4.69) is 161 Å². The van der Waals surface area contributed by atoms with Crippen LogP contribution in [-0.4, -0.2) is 30.0 Å². The maximum absolute atomic E-state index is 14.0. The number of halogens is 2. The molecule has 11 heteroatoms. The Kier molecular flexibility index (Phi) is 16.2. The fourth-order valence-corrected chi connectivity index (χ4v) is 9.17. The van der Waals surface area contributed by atoms with Crippen molar-refractivity contribution < 1.29 is 56.7 Å². The van der Waals surface area contributed by atoms with Gasteiger partial charge in [-0.15, -0.1) is 20.4 Å². The van der Waals surface area contributed by atoms with Crippen LogP contribution in [0.2, 0.25) is 0 Å². The van der Waals surface area contributed by atoms with Crippen LogP contribution >= 0.6 is 0 Å². The molecule has 0 unspecified atom stereocenters. The van der Waals surface area contributed by atoms with E-state index in [4.69, 9.17) is 0 Å². The molecule has 71 heavy (non-hydrogen) atoms. The largest absolute Gasteiger partial charge is 4.00 e. The van der Waals surface area contributed by atoms with Crippen molar-refractivity contribution in [2.45, 2.75) is 77.0 Å². The van der Waals surface area contributed by atoms with E-state index in [9.17, 15) is 10.2 Å². The molecule has 10 rings (SSSR count). The van der Waals surface area contributed by atoms with Crippen molar-refractivity contribution in [2.75, 3.05) is 0 Å². The van der Waals surface area contributed by atoms with Gasteiger partial charge in [0.25, 0.3) is 0 Å². The van der Waals surface area contributed by atoms with Gasteiger partial charge in [0, 0.05) is 21.7 Å². The molecule has 0 amide bonds. The average molecular weight is 1010 g/mol. The van der Waals surface area contributed by atoms with Crippen LogP contribution in [0.5, 0.6) is 11.5 Å². The smallest absolute Gasteiger partial charge is 1.00 e. The molecule has 10 aromatic rings. The summed E-state index contributed by atoms with van der Waals surface area (Å²) in [5, 5.41) is 46.5. The number of aromatic nitrogens is 6. The van der Waals surface area contributed by atoms with Gasteiger partial charge in [-0.3, -0.25) is 0 Å². The molecule has 0 aliphatic carbocycles. The molecule has 0 radical (unpaired) electrons. The van der Waals surface area contributed by atoms with Crippen molar-refractivity contribution in [1.82, 2.24) is 30.0 Å². The zero-order chi connectivity index (χ0) is 47.8. The Hall–Kier alpha value is -6.55. The summed E-state index contributed by atoms with van der Waals surface area (Å²) in [6.07, 6.45) is 0. The van der Waals surface area contributed by atoms with Crippen LogP contribution in [0.4, 0.5) is 0 Å². The molecule has 8 nitrogen and oxygen atoms in total. The quantitative estimate of drug-likeness (QED) is 0.149. The van der Waals surface area contributed by atoms with Gasteiger partial charge < -0.3 is 35.0 Å². The molecule has 0 aliphatic heterocycles. The molecule has 0 atom stereocenters. The Morgan fingerprint density at radius 3 is 0.789 bits per heavy atom. The Morgan fingerprint density at radius 2 is 0.535 bits per heavy atom. The van der Waals surface area contributed by atoms with E-state index in [1.165, 1.54) is 20.7 Å². The fraction of sp³-hybridized carbons (Fsp3) is 0.200. The summed E-state index contributed by atoms with van der Waals surface area (Å²) in [4.78, 5) is 3.00. The molecule has 0 aliphatic rings. The van der Waals surface area contributed by atoms with Crippen molar-refractivity contribution in [3.05, 3.63) is 239 Å². The summed E-state index contributed by atoms with van der Waals surface area (Å²) in [6.45, 7) is 17.2. The normalized spacial score (nSPS) is 11.7. The minimum Gasteiger partial charge on any atom is -1.00 e. The van der Waals surface area contributed by atoms with Crippen molar-refractivity contribution in [3.8, 4) is 22.9 Å². The molecular formula is C60H56Cl2N6O2Ti. The number of fused-ring (bicyclic) bond motifs is 2. The summed E-state index contributed by atoms with van der Waals surface area (Å²) in [5.41, 5.74) is 10.5. The molecule has 2 aromatic heterocycles. The van der Waals surface area contributed by atoms with Gasteiger partial charge in [0.2, 0.25) is 0 Å². The molecule has 0 bridgehead atoms. The van der Waals surface area contributed by atoms with Crippen LogP contribution in [0.15, 0.2) is 194 Å². The third-order valence-electron chi connectivity index (χ3n) is 13.9. The number of rotatable bonds is 10. The number of hydrogen-bond donors (Lipinski definition) is 0. The van der Waals surface area contributed by atoms with Crippen molar-refractivity contribution in [3.63, 3.8) is 0 Å². The molecule has 2 heterocycles. The number of benzene rings is 8. The van der Waals surface area contributed by atoms with Crippen molar-refractivity contribution in [1.29, 1.82) is 0 Å². The van der Waals surface area contributed by atoms with Gasteiger partial charge >= 0.3 is 21.7 Å². The van der Waals surface area contributed by atoms with E-state index < -0.39 is 10.8 Å². The van der Waals surface area contributed by atoms with Crippen LogP contribution in [0.1, 0.15) is 99.9 Å². The van der Waals surface area contributed by atoms with E-state index >= 15 is 0 Å². The van der Waals surface area contributed by atoms with Crippen LogP contribution < -0.4 is 35.0 Å². The Morgan fingerprint density at radius 1 is 0.310 bits per heavy atom. The van der Waals surface area contributed by atoms with Crippen molar-refractivity contribution >= 4 is 22.1 Å². The van der Waals surface area contributed by atoms with Gasteiger partial charge in [-0.25, -0.2) is 0 Å². The Balaban J connectivity index is 0.000000223. The maximum Gasteiger partial charge on any atom is 4.00 e. The van der Waals surface area contributed by atoms with Gasteiger partial charge in [-0.05, 0) is 80.9 Å². The third kappa shape index (κ3) is 10.4. The molecule has 0 spiro atoms. The van der Waals surface area contributed by atoms with Gasteiger partial charge in [-0.1, -0.05) is 225 Å². The predicted octanol–water partition coefficient (Wildman–Crippen LogP) is 6.30. The molecule has 356 valence electrons. The SMILES string of the molecule is CC(C)(c1ccccc1)c1cc(-n2nc3ccccc3n2)c([O-])c(C(C)(C)c2ccccc2)c1.CC(C)(c1ccccc1)c1cc(-n2nc3ccccc3n2)c([O-])c(C(C)(C)c2ccccc2)c1.[Cl-].[Cl-].[Ti+4]. The molecular weight excluding hydrogens is 955 g/mol. The van der Waals surface area contributed by atoms with E-state index in [1.807, 2.05) is 109 Å². The third-order valence-corrected chi connectivity index (χ3v) is 13.9. The standard InChI is InChI=1S/2C30H29N3O.2ClH.Ti/c2*1-29(2,21-13-7-5-8-14-21)23-19-24(30(3,4)22-15-9-6-10-16-22)28(34)27(20-23)33-31-25-17-11-12-18-26(25)32-33;;;/h2*5-20,34H,1-4H3;2*1H;/q;;;;+4/p-4. The van der Waals surface area contributed by atoms with Crippen LogP contribution in [0.25, 0.3) is 33.4 Å². The first kappa shape index (κ1) is 53.8. The zero-order valence-corrected chi connectivity index (χ0v) is 44.3. The summed E-state index contributed by atoms with van der Waals surface area (Å²) >= 11 is 0. The maximum atomic E-state index is 14.0. The number of hydrogen-bond acceptors (Lipinski definition) is 6. The second-order valence-electron chi connectivity index (χ2n) is 19.7. The molecule has 8 aromatic carbocycles. The number of nitrogens with zero attached hydrogens (tertiary/aromatic N) is 6. The molecule has 0 saturated heterocycles. The summed E-state index contributed by atoms with van der Waals surface area (Å²) in [7, 11) is 0. The van der Waals surface area contributed by atoms with Gasteiger partial charge in [0.1, 0.15) is 22.1 Å². The van der Waals surface area contributed by atoms with Gasteiger partial charge in [0.05, 0.1) is 11.4 Å². The first-order valence-corrected chi connectivity index (χ1v) is 23.2. The van der Waals surface area contributed by atoms with Crippen LogP contribution in [0.3, 0.4) is 0 Å². The second-order valence-corrected chi connectivity index (χ2v) is 19.7. The minimum absolute atomic E-state index is 0. The first-order valence-electron chi connectivity index (χ1n) is 23.2. The molecule has 0 N–H and O–H groups in total. The summed E-state index contributed by atoms with van der Waals surface area (Å²) in [5.74, 6) is -0.108. The zero-order valence-electron chi connectivity index (χ0n) is 41.2. The monoisotopic (exact) mass is 1010 g/mol. The Bertz CT molecular complexity index is 3080. The van der Waals surface area contributed by atoms with Gasteiger partial charge in [0.15, 0.2) is 0 Å². The van der Waals surface area contributed by atoms with E-state index in [0.717, 1.165) is 55.4 Å². The fourth-order valence-electron chi connectivity index (χ4n) is 9.17. The topological polar surface area (TPSA) is 108 Å². The second kappa shape index (κ2) is 21.4. The van der Waals surface area contributed by atoms with E-state index in [0.29, 0.717) is 11.4 Å². The van der Waals surface area contributed by atoms with Gasteiger partial charge in [-0.2, -0.15) is 9.59 Å². The van der Waals surface area contributed by atoms with Crippen LogP contribution in [0, 0.1) is 0 Å². The Labute approximate surface area is 444 Å². The molecule has 0 fully saturated rings. The minimum atomic E-state index is -0.498. The van der Waals surface area contributed by atoms with E-state index in [-0.39, 0.29) is 68.9 Å².